The summed E-state index contributed by atoms with van der Waals surface area (Å²) >= 11 is 0. The Morgan fingerprint density at radius 2 is 1.41 bits per heavy atom. The Morgan fingerprint density at radius 1 is 0.778 bits per heavy atom. The maximum absolute atomic E-state index is 11.9. The summed E-state index contributed by atoms with van der Waals surface area (Å²) in [6.45, 7) is 6.77. The number of unbranched alkanes of at least 4 members (excludes halogenated alkanes) is 7. The van der Waals surface area contributed by atoms with Gasteiger partial charge in [0.15, 0.2) is 0 Å². The van der Waals surface area contributed by atoms with Crippen LogP contribution in [0.1, 0.15) is 111 Å². The van der Waals surface area contributed by atoms with Crippen molar-refractivity contribution in [1.29, 1.82) is 0 Å². The van der Waals surface area contributed by atoms with Crippen LogP contribution in [-0.4, -0.2) is 24.6 Å². The molecule has 0 amide bonds. The van der Waals surface area contributed by atoms with Gasteiger partial charge < -0.3 is 9.47 Å². The van der Waals surface area contributed by atoms with Crippen LogP contribution < -0.4 is 0 Å². The van der Waals surface area contributed by atoms with E-state index in [1.54, 1.807) is 0 Å². The number of carbonyl (C=O) groups is 2. The van der Waals surface area contributed by atoms with E-state index in [0.717, 1.165) is 70.6 Å². The Morgan fingerprint density at radius 3 is 2.00 bits per heavy atom. The van der Waals surface area contributed by atoms with E-state index in [1.165, 1.54) is 0 Å². The van der Waals surface area contributed by atoms with E-state index in [2.05, 4.69) is 25.7 Å². The van der Waals surface area contributed by atoms with Crippen LogP contribution in [0.3, 0.4) is 0 Å². The lowest BCUT2D eigenvalue weighted by Gasteiger charge is -2.13. The van der Waals surface area contributed by atoms with Crippen LogP contribution >= 0.6 is 0 Å². The summed E-state index contributed by atoms with van der Waals surface area (Å²) in [7, 11) is 0. The van der Waals surface area contributed by atoms with Gasteiger partial charge in [-0.2, -0.15) is 0 Å². The van der Waals surface area contributed by atoms with E-state index in [1.807, 2.05) is 6.92 Å². The van der Waals surface area contributed by atoms with Crippen LogP contribution in [0.5, 0.6) is 0 Å². The van der Waals surface area contributed by atoms with E-state index >= 15 is 0 Å². The number of ether oxygens (including phenoxy) is 2. The Kier molecular flexibility index (Phi) is 18.2. The topological polar surface area (TPSA) is 52.6 Å². The van der Waals surface area contributed by atoms with Crippen LogP contribution in [0.25, 0.3) is 0 Å². The number of carbonyl (C=O) groups excluding carboxylic acids is 2. The molecule has 0 rings (SSSR count). The second-order valence-electron chi connectivity index (χ2n) is 7.02. The Labute approximate surface area is 166 Å². The summed E-state index contributed by atoms with van der Waals surface area (Å²) in [4.78, 5) is 23.4. The molecule has 0 saturated heterocycles. The lowest BCUT2D eigenvalue weighted by Crippen LogP contribution is -2.16. The first-order chi connectivity index (χ1) is 13.1. The molecule has 4 heteroatoms. The molecule has 0 aliphatic heterocycles. The van der Waals surface area contributed by atoms with Gasteiger partial charge in [-0.3, -0.25) is 9.59 Å². The number of hydrogen-bond donors (Lipinski definition) is 0. The van der Waals surface area contributed by atoms with E-state index in [-0.39, 0.29) is 18.0 Å². The molecule has 0 heterocycles. The van der Waals surface area contributed by atoms with Crippen molar-refractivity contribution in [1.82, 2.24) is 0 Å². The monoisotopic (exact) mass is 380 g/mol. The molecule has 4 nitrogen and oxygen atoms in total. The maximum atomic E-state index is 11.9. The molecule has 0 saturated carbocycles. The van der Waals surface area contributed by atoms with Crippen LogP contribution in [0.15, 0.2) is 0 Å². The highest BCUT2D eigenvalue weighted by Gasteiger charge is 2.11. The van der Waals surface area contributed by atoms with Crippen LogP contribution in [0.2, 0.25) is 0 Å². The molecule has 0 aromatic carbocycles. The Bertz CT molecular complexity index is 433. The molecule has 0 spiro atoms. The second-order valence-corrected chi connectivity index (χ2v) is 7.02. The molecule has 0 fully saturated rings. The Balaban J connectivity index is 3.57. The van der Waals surface area contributed by atoms with E-state index < -0.39 is 0 Å². The zero-order valence-electron chi connectivity index (χ0n) is 17.8. The van der Waals surface area contributed by atoms with Gasteiger partial charge in [0.05, 0.1) is 6.61 Å². The Hall–Kier alpha value is -1.50. The summed E-state index contributed by atoms with van der Waals surface area (Å²) in [5.41, 5.74) is 0. The fraction of sp³-hybridized carbons (Fsp3) is 0.826. The fourth-order valence-corrected chi connectivity index (χ4v) is 2.56. The van der Waals surface area contributed by atoms with Crippen molar-refractivity contribution in [2.45, 2.75) is 117 Å². The highest BCUT2D eigenvalue weighted by molar-refractivity contribution is 5.69. The predicted molar refractivity (Wildman–Crippen MR) is 110 cm³/mol. The van der Waals surface area contributed by atoms with Crippen molar-refractivity contribution in [2.24, 2.45) is 0 Å². The summed E-state index contributed by atoms with van der Waals surface area (Å²) in [6, 6.07) is 0. The summed E-state index contributed by atoms with van der Waals surface area (Å²) < 4.78 is 10.6. The van der Waals surface area contributed by atoms with Gasteiger partial charge in [-0.05, 0) is 32.1 Å². The minimum Gasteiger partial charge on any atom is -0.466 e. The normalized spacial score (nSPS) is 11.4. The predicted octanol–water partition coefficient (Wildman–Crippen LogP) is 5.97. The largest absolute Gasteiger partial charge is 0.466 e. The van der Waals surface area contributed by atoms with Crippen molar-refractivity contribution in [2.75, 3.05) is 6.61 Å². The van der Waals surface area contributed by atoms with Crippen LogP contribution in [0, 0.1) is 11.8 Å². The van der Waals surface area contributed by atoms with Gasteiger partial charge in [0.1, 0.15) is 6.10 Å². The molecule has 0 radical (unpaired) electrons. The quantitative estimate of drug-likeness (QED) is 0.188. The van der Waals surface area contributed by atoms with Gasteiger partial charge in [0.25, 0.3) is 0 Å². The molecule has 0 bridgehead atoms. The third-order valence-corrected chi connectivity index (χ3v) is 4.36. The minimum atomic E-state index is -0.103. The van der Waals surface area contributed by atoms with Crippen molar-refractivity contribution in [3.63, 3.8) is 0 Å². The third-order valence-electron chi connectivity index (χ3n) is 4.36. The fourth-order valence-electron chi connectivity index (χ4n) is 2.56. The molecule has 0 aliphatic carbocycles. The van der Waals surface area contributed by atoms with E-state index in [4.69, 9.17) is 9.47 Å². The molecule has 0 aromatic rings. The van der Waals surface area contributed by atoms with Crippen LogP contribution in [-0.2, 0) is 19.1 Å². The maximum Gasteiger partial charge on any atom is 0.306 e. The number of hydrogen-bond acceptors (Lipinski definition) is 4. The van der Waals surface area contributed by atoms with Gasteiger partial charge >= 0.3 is 11.9 Å². The van der Waals surface area contributed by atoms with Crippen LogP contribution in [0.4, 0.5) is 0 Å². The third kappa shape index (κ3) is 17.7. The lowest BCUT2D eigenvalue weighted by molar-refractivity contribution is -0.149. The molecule has 0 aliphatic rings. The molecule has 1 atom stereocenters. The summed E-state index contributed by atoms with van der Waals surface area (Å²) in [5.74, 6) is 6.02. The molecule has 0 aromatic heterocycles. The van der Waals surface area contributed by atoms with Gasteiger partial charge in [0.2, 0.25) is 0 Å². The SMILES string of the molecule is CCCC#CCC(CC)OC(=O)CCCCCCCCC(=O)OCCCC. The molecule has 0 N–H and O–H groups in total. The van der Waals surface area contributed by atoms with Crippen molar-refractivity contribution >= 4 is 11.9 Å². The zero-order chi connectivity index (χ0) is 20.2. The molecular formula is C23H40O4. The standard InChI is InChI=1S/C23H40O4/c1-4-7-9-14-17-21(6-3)27-23(25)19-16-13-11-10-12-15-18-22(24)26-20-8-5-2/h21H,4-8,10-13,15-20H2,1-3H3. The minimum absolute atomic E-state index is 0.0704. The summed E-state index contributed by atoms with van der Waals surface area (Å²) in [6.07, 6.45) is 12.4. The van der Waals surface area contributed by atoms with E-state index in [0.29, 0.717) is 25.9 Å². The average molecular weight is 381 g/mol. The molecular weight excluding hydrogens is 340 g/mol. The molecule has 1 unspecified atom stereocenters. The first-order valence-electron chi connectivity index (χ1n) is 10.9. The first kappa shape index (κ1) is 25.5. The van der Waals surface area contributed by atoms with Crippen molar-refractivity contribution in [3.8, 4) is 11.8 Å². The highest BCUT2D eigenvalue weighted by Crippen LogP contribution is 2.11. The number of esters is 2. The van der Waals surface area contributed by atoms with Gasteiger partial charge in [-0.1, -0.05) is 58.8 Å². The smallest absolute Gasteiger partial charge is 0.306 e. The first-order valence-corrected chi connectivity index (χ1v) is 10.9. The molecule has 156 valence electrons. The van der Waals surface area contributed by atoms with Gasteiger partial charge in [-0.25, -0.2) is 0 Å². The highest BCUT2D eigenvalue weighted by atomic mass is 16.5. The van der Waals surface area contributed by atoms with E-state index in [9.17, 15) is 9.59 Å². The lowest BCUT2D eigenvalue weighted by atomic mass is 10.1. The van der Waals surface area contributed by atoms with Crippen molar-refractivity contribution < 1.29 is 19.1 Å². The van der Waals surface area contributed by atoms with Gasteiger partial charge in [-0.15, -0.1) is 5.92 Å². The summed E-state index contributed by atoms with van der Waals surface area (Å²) in [5, 5.41) is 0. The zero-order valence-corrected chi connectivity index (χ0v) is 17.8. The molecule has 27 heavy (non-hydrogen) atoms. The van der Waals surface area contributed by atoms with Gasteiger partial charge in [0, 0.05) is 25.7 Å². The number of rotatable bonds is 16. The van der Waals surface area contributed by atoms with Crippen molar-refractivity contribution in [3.05, 3.63) is 0 Å². The second kappa shape index (κ2) is 19.3. The average Bonchev–Trinajstić information content (AvgIpc) is 2.66.